The predicted molar refractivity (Wildman–Crippen MR) is 95.6 cm³/mol. The number of alkyl halides is 1. The predicted octanol–water partition coefficient (Wildman–Crippen LogP) is 3.64. The number of nitrogens with one attached hydrogen (secondary N) is 1. The van der Waals surface area contributed by atoms with Crippen LogP contribution in [0.2, 0.25) is 0 Å². The fourth-order valence-electron chi connectivity index (χ4n) is 1.94. The quantitative estimate of drug-likeness (QED) is 0.546. The average molecular weight is 398 g/mol. The molecule has 0 aliphatic heterocycles. The van der Waals surface area contributed by atoms with Crippen LogP contribution in [0.5, 0.6) is 5.75 Å². The average Bonchev–Trinajstić information content (AvgIpc) is 2.55. The normalized spacial score (nSPS) is 11.4. The fraction of sp³-hybridized carbons (Fsp3) is 0.294. The van der Waals surface area contributed by atoms with Crippen LogP contribution in [-0.2, 0) is 15.4 Å². The Balaban J connectivity index is 1.75. The molecule has 124 valence electrons. The van der Waals surface area contributed by atoms with E-state index >= 15 is 0 Å². The van der Waals surface area contributed by atoms with Crippen LogP contribution in [0.4, 0.5) is 0 Å². The number of aryl methyl sites for hydroxylation is 1. The lowest BCUT2D eigenvalue weighted by Crippen LogP contribution is -2.25. The highest BCUT2D eigenvalue weighted by Crippen LogP contribution is 2.14. The van der Waals surface area contributed by atoms with Gasteiger partial charge in [0.05, 0.1) is 11.5 Å². The van der Waals surface area contributed by atoms with Gasteiger partial charge in [0.2, 0.25) is 10.0 Å². The van der Waals surface area contributed by atoms with Crippen LogP contribution >= 0.6 is 15.9 Å². The highest BCUT2D eigenvalue weighted by Gasteiger charge is 2.12. The molecule has 2 aromatic carbocycles. The second-order valence-electron chi connectivity index (χ2n) is 5.19. The summed E-state index contributed by atoms with van der Waals surface area (Å²) in [6, 6.07) is 14.6. The Kier molecular flexibility index (Phi) is 6.62. The van der Waals surface area contributed by atoms with Gasteiger partial charge in [0.1, 0.15) is 5.75 Å². The molecule has 0 saturated carbocycles. The van der Waals surface area contributed by atoms with Gasteiger partial charge < -0.3 is 4.74 Å². The van der Waals surface area contributed by atoms with Crippen molar-refractivity contribution in [2.75, 3.05) is 13.2 Å². The number of hydrogen-bond donors (Lipinski definition) is 1. The van der Waals surface area contributed by atoms with E-state index in [0.717, 1.165) is 16.6 Å². The first-order chi connectivity index (χ1) is 11.0. The summed E-state index contributed by atoms with van der Waals surface area (Å²) in [5, 5.41) is 0.814. The molecule has 0 unspecified atom stereocenters. The zero-order chi connectivity index (χ0) is 16.7. The van der Waals surface area contributed by atoms with Crippen molar-refractivity contribution in [3.05, 3.63) is 59.7 Å². The lowest BCUT2D eigenvalue weighted by Gasteiger charge is -2.09. The van der Waals surface area contributed by atoms with Crippen LogP contribution in [-0.4, -0.2) is 21.6 Å². The summed E-state index contributed by atoms with van der Waals surface area (Å²) in [7, 11) is -3.44. The Morgan fingerprint density at radius 2 is 1.70 bits per heavy atom. The Hall–Kier alpha value is -1.37. The summed E-state index contributed by atoms with van der Waals surface area (Å²) in [5.74, 6) is 0.788. The molecule has 0 radical (unpaired) electrons. The second-order valence-corrected chi connectivity index (χ2v) is 7.52. The van der Waals surface area contributed by atoms with Crippen molar-refractivity contribution in [1.29, 1.82) is 0 Å². The van der Waals surface area contributed by atoms with Crippen LogP contribution in [0.25, 0.3) is 0 Å². The maximum absolute atomic E-state index is 12.1. The van der Waals surface area contributed by atoms with Gasteiger partial charge in [-0.05, 0) is 43.2 Å². The Labute approximate surface area is 146 Å². The molecule has 2 rings (SSSR count). The van der Waals surface area contributed by atoms with E-state index in [9.17, 15) is 8.42 Å². The minimum absolute atomic E-state index is 0.286. The number of benzene rings is 2. The van der Waals surface area contributed by atoms with Crippen molar-refractivity contribution in [2.24, 2.45) is 0 Å². The van der Waals surface area contributed by atoms with Gasteiger partial charge in [0.25, 0.3) is 0 Å². The monoisotopic (exact) mass is 397 g/mol. The molecule has 0 atom stereocenters. The standard InChI is InChI=1S/C17H20BrNO3S/c1-14-3-9-17(10-4-14)23(20,21)19-11-2-12-22-16-7-5-15(13-18)6-8-16/h3-10,19H,2,11-13H2,1H3. The smallest absolute Gasteiger partial charge is 0.240 e. The Morgan fingerprint density at radius 1 is 1.04 bits per heavy atom. The number of ether oxygens (including phenoxy) is 1. The Morgan fingerprint density at radius 3 is 2.30 bits per heavy atom. The zero-order valence-corrected chi connectivity index (χ0v) is 15.4. The molecule has 0 spiro atoms. The van der Waals surface area contributed by atoms with Gasteiger partial charge in [-0.1, -0.05) is 45.8 Å². The van der Waals surface area contributed by atoms with Crippen molar-refractivity contribution in [1.82, 2.24) is 4.72 Å². The van der Waals surface area contributed by atoms with Gasteiger partial charge in [0, 0.05) is 11.9 Å². The van der Waals surface area contributed by atoms with Gasteiger partial charge in [-0.25, -0.2) is 13.1 Å². The molecule has 0 heterocycles. The second kappa shape index (κ2) is 8.47. The summed E-state index contributed by atoms with van der Waals surface area (Å²) in [5.41, 5.74) is 2.21. The van der Waals surface area contributed by atoms with Gasteiger partial charge in [-0.2, -0.15) is 0 Å². The summed E-state index contributed by atoms with van der Waals surface area (Å²) in [4.78, 5) is 0.286. The van der Waals surface area contributed by atoms with E-state index in [4.69, 9.17) is 4.74 Å². The molecule has 6 heteroatoms. The van der Waals surface area contributed by atoms with Crippen molar-refractivity contribution in [3.63, 3.8) is 0 Å². The summed E-state index contributed by atoms with van der Waals surface area (Å²) in [6.07, 6.45) is 0.602. The molecule has 0 aromatic heterocycles. The van der Waals surface area contributed by atoms with E-state index in [1.54, 1.807) is 24.3 Å². The zero-order valence-electron chi connectivity index (χ0n) is 13.0. The highest BCUT2D eigenvalue weighted by molar-refractivity contribution is 9.08. The van der Waals surface area contributed by atoms with E-state index in [0.29, 0.717) is 19.6 Å². The van der Waals surface area contributed by atoms with Crippen molar-refractivity contribution in [3.8, 4) is 5.75 Å². The van der Waals surface area contributed by atoms with Crippen LogP contribution in [0.15, 0.2) is 53.4 Å². The molecular formula is C17H20BrNO3S. The van der Waals surface area contributed by atoms with Crippen LogP contribution in [0.3, 0.4) is 0 Å². The Bertz CT molecular complexity index is 713. The number of rotatable bonds is 8. The topological polar surface area (TPSA) is 55.4 Å². The van der Waals surface area contributed by atoms with E-state index in [2.05, 4.69) is 20.7 Å². The molecule has 1 N–H and O–H groups in total. The van der Waals surface area contributed by atoms with Crippen LogP contribution in [0.1, 0.15) is 17.5 Å². The molecular weight excluding hydrogens is 378 g/mol. The molecule has 0 bridgehead atoms. The third-order valence-corrected chi connectivity index (χ3v) is 5.42. The largest absolute Gasteiger partial charge is 0.494 e. The number of halogens is 1. The summed E-state index contributed by atoms with van der Waals surface area (Å²) < 4.78 is 32.4. The number of hydrogen-bond acceptors (Lipinski definition) is 3. The van der Waals surface area contributed by atoms with E-state index in [1.807, 2.05) is 31.2 Å². The molecule has 23 heavy (non-hydrogen) atoms. The molecule has 0 saturated heterocycles. The molecule has 0 aliphatic carbocycles. The van der Waals surface area contributed by atoms with E-state index in [-0.39, 0.29) is 4.90 Å². The summed E-state index contributed by atoms with van der Waals surface area (Å²) in [6.45, 7) is 2.73. The van der Waals surface area contributed by atoms with Gasteiger partial charge in [-0.15, -0.1) is 0 Å². The minimum atomic E-state index is -3.44. The van der Waals surface area contributed by atoms with Gasteiger partial charge in [0.15, 0.2) is 0 Å². The van der Waals surface area contributed by atoms with Gasteiger partial charge in [-0.3, -0.25) is 0 Å². The van der Waals surface area contributed by atoms with E-state index < -0.39 is 10.0 Å². The first-order valence-corrected chi connectivity index (χ1v) is 9.96. The van der Waals surface area contributed by atoms with Gasteiger partial charge >= 0.3 is 0 Å². The molecule has 0 aliphatic rings. The highest BCUT2D eigenvalue weighted by atomic mass is 79.9. The molecule has 4 nitrogen and oxygen atoms in total. The fourth-order valence-corrected chi connectivity index (χ4v) is 3.39. The third kappa shape index (κ3) is 5.64. The van der Waals surface area contributed by atoms with E-state index in [1.165, 1.54) is 5.56 Å². The third-order valence-electron chi connectivity index (χ3n) is 3.29. The maximum Gasteiger partial charge on any atom is 0.240 e. The van der Waals surface area contributed by atoms with Crippen molar-refractivity contribution < 1.29 is 13.2 Å². The van der Waals surface area contributed by atoms with Crippen LogP contribution in [0, 0.1) is 6.92 Å². The molecule has 0 fully saturated rings. The van der Waals surface area contributed by atoms with Crippen molar-refractivity contribution in [2.45, 2.75) is 23.6 Å². The molecule has 2 aromatic rings. The minimum Gasteiger partial charge on any atom is -0.494 e. The summed E-state index contributed by atoms with van der Waals surface area (Å²) >= 11 is 3.39. The lowest BCUT2D eigenvalue weighted by atomic mass is 10.2. The van der Waals surface area contributed by atoms with Crippen LogP contribution < -0.4 is 9.46 Å². The number of sulfonamides is 1. The molecule has 0 amide bonds. The van der Waals surface area contributed by atoms with Crippen molar-refractivity contribution >= 4 is 26.0 Å². The SMILES string of the molecule is Cc1ccc(S(=O)(=O)NCCCOc2ccc(CBr)cc2)cc1. The maximum atomic E-state index is 12.1. The first-order valence-electron chi connectivity index (χ1n) is 7.35. The first kappa shape index (κ1) is 18.0. The lowest BCUT2D eigenvalue weighted by molar-refractivity contribution is 0.311.